The van der Waals surface area contributed by atoms with Crippen molar-refractivity contribution < 1.29 is 4.23 Å². The Labute approximate surface area is 156 Å². The van der Waals surface area contributed by atoms with Crippen LogP contribution in [0.25, 0.3) is 4.51 Å². The number of para-hydroxylation sites is 1. The summed E-state index contributed by atoms with van der Waals surface area (Å²) in [5, 5.41) is 4.13. The van der Waals surface area contributed by atoms with Gasteiger partial charge in [0.05, 0.1) is 0 Å². The second-order valence-corrected chi connectivity index (χ2v) is 13.9. The molecule has 0 bridgehead atoms. The number of aromatic nitrogens is 1. The maximum absolute atomic E-state index is 5.09. The third-order valence-electron chi connectivity index (χ3n) is 5.17. The van der Waals surface area contributed by atoms with Crippen LogP contribution in [0.15, 0.2) is 83.9 Å². The molecular weight excluding hydrogens is 362 g/mol. The van der Waals surface area contributed by atoms with Gasteiger partial charge in [-0.25, -0.2) is 0 Å². The standard InChI is InChI=1S/C19H15N3S2Si/c23-15-20-25(17-9-2-1-3-10-17)21-13-7-6-8-16(21)14-22(25)18-11-4-5-12-19(18)24-25/h1-13H,14H2/p+1. The average molecular weight is 379 g/mol. The molecule has 3 aromatic rings. The predicted octanol–water partition coefficient (Wildman–Crippen LogP) is 3.47. The zero-order chi connectivity index (χ0) is 16.9. The normalized spacial score (nSPS) is 19.6. The number of hydrogen-bond donors (Lipinski definition) is 1. The molecular formula is C19H16N3S2Si+. The summed E-state index contributed by atoms with van der Waals surface area (Å²) in [6, 6.07) is 25.6. The first-order valence-electron chi connectivity index (χ1n) is 8.18. The third-order valence-corrected chi connectivity index (χ3v) is 15.0. The van der Waals surface area contributed by atoms with Crippen LogP contribution in [0, 0.1) is 5.40 Å². The molecule has 3 nitrogen and oxygen atoms in total. The Balaban J connectivity index is 1.96. The van der Waals surface area contributed by atoms with E-state index in [1.807, 2.05) is 11.2 Å². The fourth-order valence-corrected chi connectivity index (χ4v) is 14.9. The van der Waals surface area contributed by atoms with Gasteiger partial charge < -0.3 is 0 Å². The Morgan fingerprint density at radius 3 is 2.60 bits per heavy atom. The summed E-state index contributed by atoms with van der Waals surface area (Å²) in [7, 11) is 0. The Morgan fingerprint density at radius 2 is 1.76 bits per heavy atom. The quantitative estimate of drug-likeness (QED) is 0.395. The summed E-state index contributed by atoms with van der Waals surface area (Å²) in [6.07, 6.45) is 2.17. The summed E-state index contributed by atoms with van der Waals surface area (Å²) < 4.78 is 10.0. The number of benzene rings is 2. The first-order chi connectivity index (χ1) is 12.3. The molecule has 0 saturated carbocycles. The molecule has 6 heteroatoms. The first kappa shape index (κ1) is 15.1. The molecule has 2 aromatic carbocycles. The van der Waals surface area contributed by atoms with E-state index in [1.54, 1.807) is 0 Å². The first-order valence-corrected chi connectivity index (χ1v) is 12.5. The van der Waals surface area contributed by atoms with Crippen molar-refractivity contribution >= 4 is 41.7 Å². The second kappa shape index (κ2) is 5.15. The third kappa shape index (κ3) is 1.70. The van der Waals surface area contributed by atoms with Crippen LogP contribution in [0.5, 0.6) is 0 Å². The molecule has 0 atom stereocenters. The molecule has 3 heterocycles. The van der Waals surface area contributed by atoms with Gasteiger partial charge >= 0.3 is 157 Å². The van der Waals surface area contributed by atoms with E-state index >= 15 is 0 Å². The summed E-state index contributed by atoms with van der Waals surface area (Å²) in [6.45, 7) is -2.65. The van der Waals surface area contributed by atoms with Crippen LogP contribution < -0.4 is 14.0 Å². The van der Waals surface area contributed by atoms with E-state index in [0.29, 0.717) is 0 Å². The van der Waals surface area contributed by atoms with Gasteiger partial charge in [0.2, 0.25) is 0 Å². The predicted molar refractivity (Wildman–Crippen MR) is 109 cm³/mol. The van der Waals surface area contributed by atoms with Gasteiger partial charge in [-0.2, -0.15) is 0 Å². The Morgan fingerprint density at radius 1 is 1.00 bits per heavy atom. The van der Waals surface area contributed by atoms with E-state index in [4.69, 9.17) is 4.51 Å². The molecule has 0 N–H and O–H groups in total. The number of nitrogens with zero attached hydrogens (tertiary/aromatic N) is 3. The van der Waals surface area contributed by atoms with Gasteiger partial charge in [0.1, 0.15) is 0 Å². The molecule has 0 amide bonds. The molecule has 2 aliphatic heterocycles. The minimum absolute atomic E-state index is 0.840. The summed E-state index contributed by atoms with van der Waals surface area (Å²) in [4.78, 5) is 1.27. The molecule has 2 aliphatic rings. The Hall–Kier alpha value is -2.20. The molecule has 122 valence electrons. The van der Waals surface area contributed by atoms with E-state index in [1.165, 1.54) is 21.5 Å². The maximum atomic E-state index is 5.09. The second-order valence-electron chi connectivity index (χ2n) is 6.31. The van der Waals surface area contributed by atoms with Crippen molar-refractivity contribution in [2.24, 2.45) is 0 Å². The SMILES string of the molecule is SC#[N+][Si-]12(c3ccccc3)Sc3ccccc3N1Cc1cccc[n+]12. The Kier molecular flexibility index (Phi) is 3.11. The fraction of sp³-hybridized carbons (Fsp3) is 0.0526. The van der Waals surface area contributed by atoms with Gasteiger partial charge in [0.25, 0.3) is 0 Å². The van der Waals surface area contributed by atoms with Gasteiger partial charge in [0.15, 0.2) is 0 Å². The number of rotatable bonds is 1. The van der Waals surface area contributed by atoms with Crippen molar-refractivity contribution in [2.45, 2.75) is 11.4 Å². The number of anilines is 1. The zero-order valence-electron chi connectivity index (χ0n) is 13.4. The molecule has 0 saturated heterocycles. The molecule has 5 rings (SSSR count). The minimum atomic E-state index is -3.49. The summed E-state index contributed by atoms with van der Waals surface area (Å²) in [5.41, 5.74) is 2.52. The van der Waals surface area contributed by atoms with Crippen LogP contribution in [0.1, 0.15) is 5.69 Å². The van der Waals surface area contributed by atoms with Gasteiger partial charge in [-0.3, -0.25) is 0 Å². The van der Waals surface area contributed by atoms with Crippen molar-refractivity contribution in [2.75, 3.05) is 4.57 Å². The molecule has 0 spiro atoms. The van der Waals surface area contributed by atoms with Gasteiger partial charge in [-0.15, -0.1) is 0 Å². The van der Waals surface area contributed by atoms with Gasteiger partial charge in [-0.05, 0) is 0 Å². The van der Waals surface area contributed by atoms with Crippen LogP contribution in [0.4, 0.5) is 5.69 Å². The van der Waals surface area contributed by atoms with E-state index in [0.717, 1.165) is 6.54 Å². The van der Waals surface area contributed by atoms with E-state index in [2.05, 4.69) is 106 Å². The van der Waals surface area contributed by atoms with Crippen molar-refractivity contribution in [3.8, 4) is 5.40 Å². The van der Waals surface area contributed by atoms with Crippen LogP contribution in [-0.2, 0) is 6.54 Å². The molecule has 0 radical (unpaired) electrons. The Bertz CT molecular complexity index is 1060. The van der Waals surface area contributed by atoms with Crippen molar-refractivity contribution in [1.82, 2.24) is 0 Å². The fourth-order valence-electron chi connectivity index (χ4n) is 4.19. The number of pyridine rings is 1. The van der Waals surface area contributed by atoms with Crippen LogP contribution in [-0.4, -0.2) is 6.99 Å². The average Bonchev–Trinajstić information content (AvgIpc) is 3.11. The van der Waals surface area contributed by atoms with Crippen LogP contribution >= 0.6 is 23.8 Å². The van der Waals surface area contributed by atoms with Crippen molar-refractivity contribution in [3.63, 3.8) is 0 Å². The van der Waals surface area contributed by atoms with E-state index < -0.39 is 6.99 Å². The molecule has 25 heavy (non-hydrogen) atoms. The van der Waals surface area contributed by atoms with Crippen LogP contribution in [0.2, 0.25) is 0 Å². The molecule has 1 aromatic heterocycles. The van der Waals surface area contributed by atoms with Crippen molar-refractivity contribution in [3.05, 3.63) is 89.2 Å². The number of hydrogen-bond acceptors (Lipinski definition) is 3. The molecule has 0 fully saturated rings. The number of thiol groups is 1. The molecule has 0 aliphatic carbocycles. The van der Waals surface area contributed by atoms with Crippen molar-refractivity contribution in [1.29, 1.82) is 0 Å². The number of fused-ring (bicyclic) bond motifs is 5. The monoisotopic (exact) mass is 378 g/mol. The van der Waals surface area contributed by atoms with Gasteiger partial charge in [0, 0.05) is 0 Å². The van der Waals surface area contributed by atoms with Gasteiger partial charge in [-0.1, -0.05) is 0 Å². The molecule has 0 unspecified atom stereocenters. The topological polar surface area (TPSA) is 11.5 Å². The summed E-state index contributed by atoms with van der Waals surface area (Å²) in [5.74, 6) is 0. The number of thiocyanates is 1. The van der Waals surface area contributed by atoms with E-state index in [9.17, 15) is 0 Å². The van der Waals surface area contributed by atoms with E-state index in [-0.39, 0.29) is 0 Å². The van der Waals surface area contributed by atoms with Crippen LogP contribution in [0.3, 0.4) is 0 Å². The zero-order valence-corrected chi connectivity index (χ0v) is 16.1. The summed E-state index contributed by atoms with van der Waals surface area (Å²) >= 11 is 6.20.